The summed E-state index contributed by atoms with van der Waals surface area (Å²) in [6, 6.07) is 10.3. The smallest absolute Gasteiger partial charge is 0.104 e. The molecule has 0 aliphatic carbocycles. The number of hydrogen-bond donors (Lipinski definition) is 0. The fraction of sp³-hybridized carbons (Fsp3) is 0.793. The Kier molecular flexibility index (Phi) is 21.2. The molecule has 0 saturated heterocycles. The van der Waals surface area contributed by atoms with Gasteiger partial charge in [0.05, 0.1) is 19.8 Å². The fourth-order valence-electron chi connectivity index (χ4n) is 4.03. The second-order valence-electron chi connectivity index (χ2n) is 9.24. The minimum atomic E-state index is 0.0137. The van der Waals surface area contributed by atoms with Crippen molar-refractivity contribution in [2.45, 2.75) is 122 Å². The molecule has 1 unspecified atom stereocenters. The summed E-state index contributed by atoms with van der Waals surface area (Å²) in [7, 11) is 1.73. The lowest BCUT2D eigenvalue weighted by Crippen LogP contribution is -2.24. The molecule has 0 bridgehead atoms. The molecule has 0 N–H and O–H groups in total. The summed E-state index contributed by atoms with van der Waals surface area (Å²) in [5, 5.41) is 0. The van der Waals surface area contributed by atoms with E-state index in [0.29, 0.717) is 19.8 Å². The molecule has 3 nitrogen and oxygen atoms in total. The van der Waals surface area contributed by atoms with E-state index in [1.165, 1.54) is 102 Å². The number of unbranched alkanes of at least 4 members (excludes halogenated alkanes) is 15. The quantitative estimate of drug-likeness (QED) is 0.148. The Hall–Kier alpha value is -0.900. The van der Waals surface area contributed by atoms with Crippen LogP contribution in [0.5, 0.6) is 0 Å². The van der Waals surface area contributed by atoms with Gasteiger partial charge in [0, 0.05) is 13.7 Å². The minimum absolute atomic E-state index is 0.0137. The zero-order valence-corrected chi connectivity index (χ0v) is 21.3. The van der Waals surface area contributed by atoms with E-state index in [4.69, 9.17) is 14.2 Å². The van der Waals surface area contributed by atoms with Gasteiger partial charge in [0.2, 0.25) is 0 Å². The summed E-state index contributed by atoms with van der Waals surface area (Å²) in [5.41, 5.74) is 1.19. The normalized spacial score (nSPS) is 12.3. The first kappa shape index (κ1) is 29.1. The van der Waals surface area contributed by atoms with Gasteiger partial charge in [0.1, 0.15) is 6.10 Å². The van der Waals surface area contributed by atoms with Gasteiger partial charge in [-0.3, -0.25) is 0 Å². The van der Waals surface area contributed by atoms with Gasteiger partial charge in [-0.15, -0.1) is 0 Å². The third-order valence-corrected chi connectivity index (χ3v) is 6.19. The maximum absolute atomic E-state index is 5.80. The Bertz CT molecular complexity index is 477. The number of ether oxygens (including phenoxy) is 3. The van der Waals surface area contributed by atoms with Crippen molar-refractivity contribution in [2.24, 2.45) is 0 Å². The van der Waals surface area contributed by atoms with E-state index >= 15 is 0 Å². The average molecular weight is 449 g/mol. The third-order valence-electron chi connectivity index (χ3n) is 6.19. The topological polar surface area (TPSA) is 27.7 Å². The summed E-state index contributed by atoms with van der Waals surface area (Å²) in [5.74, 6) is 0. The van der Waals surface area contributed by atoms with Crippen LogP contribution in [0.25, 0.3) is 0 Å². The highest BCUT2D eigenvalue weighted by Crippen LogP contribution is 2.13. The highest BCUT2D eigenvalue weighted by molar-refractivity contribution is 5.13. The first-order chi connectivity index (χ1) is 15.9. The lowest BCUT2D eigenvalue weighted by Gasteiger charge is -2.16. The lowest BCUT2D eigenvalue weighted by molar-refractivity contribution is -0.0451. The molecule has 0 radical (unpaired) electrons. The van der Waals surface area contributed by atoms with Crippen molar-refractivity contribution in [3.63, 3.8) is 0 Å². The number of rotatable bonds is 24. The average Bonchev–Trinajstić information content (AvgIpc) is 2.82. The van der Waals surface area contributed by atoms with Crippen LogP contribution in [0.4, 0.5) is 0 Å². The van der Waals surface area contributed by atoms with Crippen LogP contribution in [0.1, 0.15) is 115 Å². The summed E-state index contributed by atoms with van der Waals surface area (Å²) in [6.45, 7) is 4.93. The largest absolute Gasteiger partial charge is 0.379 e. The lowest BCUT2D eigenvalue weighted by atomic mass is 10.0. The summed E-state index contributed by atoms with van der Waals surface area (Å²) < 4.78 is 17.0. The molecule has 32 heavy (non-hydrogen) atoms. The van der Waals surface area contributed by atoms with Crippen LogP contribution in [0, 0.1) is 0 Å². The van der Waals surface area contributed by atoms with Gasteiger partial charge in [0.15, 0.2) is 0 Å². The van der Waals surface area contributed by atoms with Crippen LogP contribution in [-0.2, 0) is 20.8 Å². The van der Waals surface area contributed by atoms with Crippen molar-refractivity contribution in [3.05, 3.63) is 35.9 Å². The van der Waals surface area contributed by atoms with Crippen molar-refractivity contribution in [3.8, 4) is 0 Å². The molecular weight excluding hydrogens is 396 g/mol. The van der Waals surface area contributed by atoms with E-state index in [1.807, 2.05) is 18.2 Å². The second-order valence-corrected chi connectivity index (χ2v) is 9.24. The van der Waals surface area contributed by atoms with E-state index in [1.54, 1.807) is 7.11 Å². The van der Waals surface area contributed by atoms with Crippen molar-refractivity contribution in [1.82, 2.24) is 0 Å². The van der Waals surface area contributed by atoms with Crippen LogP contribution in [-0.4, -0.2) is 33.0 Å². The predicted octanol–water partition coefficient (Wildman–Crippen LogP) is 8.50. The van der Waals surface area contributed by atoms with E-state index in [9.17, 15) is 0 Å². The standard InChI is InChI=1S/C29H52O3/c1-3-4-5-6-7-8-9-10-11-12-13-14-15-16-17-21-24-31-26-29(30-2)27-32-25-28-22-19-18-20-23-28/h18-20,22-23,29H,3-17,21,24-27H2,1-2H3. The number of hydrogen-bond acceptors (Lipinski definition) is 3. The zero-order valence-electron chi connectivity index (χ0n) is 21.3. The highest BCUT2D eigenvalue weighted by Gasteiger charge is 2.08. The van der Waals surface area contributed by atoms with E-state index in [-0.39, 0.29) is 6.10 Å². The molecule has 1 rings (SSSR count). The highest BCUT2D eigenvalue weighted by atomic mass is 16.6. The molecule has 1 aromatic carbocycles. The van der Waals surface area contributed by atoms with Crippen LogP contribution in [0.2, 0.25) is 0 Å². The molecule has 0 fully saturated rings. The van der Waals surface area contributed by atoms with E-state index in [2.05, 4.69) is 19.1 Å². The van der Waals surface area contributed by atoms with Crippen molar-refractivity contribution >= 4 is 0 Å². The Morgan fingerprint density at radius 1 is 0.594 bits per heavy atom. The number of methoxy groups -OCH3 is 1. The van der Waals surface area contributed by atoms with Gasteiger partial charge in [0.25, 0.3) is 0 Å². The maximum atomic E-state index is 5.80. The molecular formula is C29H52O3. The van der Waals surface area contributed by atoms with Crippen LogP contribution in [0.3, 0.4) is 0 Å². The summed E-state index contributed by atoms with van der Waals surface area (Å²) >= 11 is 0. The van der Waals surface area contributed by atoms with Crippen LogP contribution >= 0.6 is 0 Å². The van der Waals surface area contributed by atoms with Crippen molar-refractivity contribution in [1.29, 1.82) is 0 Å². The van der Waals surface area contributed by atoms with Crippen molar-refractivity contribution in [2.75, 3.05) is 26.9 Å². The Morgan fingerprint density at radius 3 is 1.56 bits per heavy atom. The minimum Gasteiger partial charge on any atom is -0.379 e. The molecule has 3 heteroatoms. The SMILES string of the molecule is CCCCCCCCCCCCCCCCCCOCC(COCc1ccccc1)OC. The van der Waals surface area contributed by atoms with Crippen molar-refractivity contribution < 1.29 is 14.2 Å². The summed E-state index contributed by atoms with van der Waals surface area (Å²) in [4.78, 5) is 0. The molecule has 0 aliphatic rings. The van der Waals surface area contributed by atoms with Gasteiger partial charge in [-0.25, -0.2) is 0 Å². The Balaban J connectivity index is 1.77. The third kappa shape index (κ3) is 18.7. The van der Waals surface area contributed by atoms with Gasteiger partial charge in [-0.1, -0.05) is 134 Å². The monoisotopic (exact) mass is 448 g/mol. The van der Waals surface area contributed by atoms with Gasteiger partial charge in [-0.2, -0.15) is 0 Å². The molecule has 0 aliphatic heterocycles. The molecule has 0 heterocycles. The molecule has 1 atom stereocenters. The zero-order chi connectivity index (χ0) is 23.0. The molecule has 1 aromatic rings. The van der Waals surface area contributed by atoms with E-state index in [0.717, 1.165) is 13.0 Å². The fourth-order valence-corrected chi connectivity index (χ4v) is 4.03. The molecule has 0 amide bonds. The molecule has 186 valence electrons. The Morgan fingerprint density at radius 2 is 1.06 bits per heavy atom. The Labute approximate surface area is 199 Å². The van der Waals surface area contributed by atoms with E-state index < -0.39 is 0 Å². The maximum Gasteiger partial charge on any atom is 0.104 e. The van der Waals surface area contributed by atoms with Crippen LogP contribution < -0.4 is 0 Å². The first-order valence-corrected chi connectivity index (χ1v) is 13.6. The molecule has 0 spiro atoms. The van der Waals surface area contributed by atoms with Crippen LogP contribution in [0.15, 0.2) is 30.3 Å². The second kappa shape index (κ2) is 23.3. The van der Waals surface area contributed by atoms with Gasteiger partial charge >= 0.3 is 0 Å². The predicted molar refractivity (Wildman–Crippen MR) is 137 cm³/mol. The van der Waals surface area contributed by atoms with Gasteiger partial charge in [-0.05, 0) is 12.0 Å². The number of benzene rings is 1. The summed E-state index contributed by atoms with van der Waals surface area (Å²) in [6.07, 6.45) is 22.4. The molecule has 0 aromatic heterocycles. The van der Waals surface area contributed by atoms with Gasteiger partial charge < -0.3 is 14.2 Å². The first-order valence-electron chi connectivity index (χ1n) is 13.6. The molecule has 0 saturated carbocycles.